The molecule has 19 heavy (non-hydrogen) atoms. The zero-order valence-corrected chi connectivity index (χ0v) is 12.6. The second kappa shape index (κ2) is 5.91. The summed E-state index contributed by atoms with van der Waals surface area (Å²) in [5.41, 5.74) is 3.14. The summed E-state index contributed by atoms with van der Waals surface area (Å²) in [4.78, 5) is 6.98. The minimum Gasteiger partial charge on any atom is -0.392 e. The average molecular weight is 262 g/mol. The van der Waals surface area contributed by atoms with Crippen LogP contribution in [0.25, 0.3) is 0 Å². The Balaban J connectivity index is 2.34. The third-order valence-electron chi connectivity index (χ3n) is 4.51. The van der Waals surface area contributed by atoms with Crippen LogP contribution in [0.5, 0.6) is 0 Å². The van der Waals surface area contributed by atoms with Crippen LogP contribution in [0.3, 0.4) is 0 Å². The van der Waals surface area contributed by atoms with E-state index in [4.69, 9.17) is 0 Å². The molecule has 2 rings (SSSR count). The molecule has 0 aromatic carbocycles. The van der Waals surface area contributed by atoms with Crippen molar-refractivity contribution in [1.29, 1.82) is 0 Å². The van der Waals surface area contributed by atoms with E-state index in [0.29, 0.717) is 12.0 Å². The first kappa shape index (κ1) is 14.3. The molecule has 0 spiro atoms. The molecule has 106 valence electrons. The number of pyridine rings is 1. The number of hydrogen-bond donors (Lipinski definition) is 1. The van der Waals surface area contributed by atoms with Crippen LogP contribution in [0, 0.1) is 19.8 Å². The van der Waals surface area contributed by atoms with Gasteiger partial charge < -0.3 is 10.0 Å². The van der Waals surface area contributed by atoms with Crippen molar-refractivity contribution in [3.05, 3.63) is 22.9 Å². The number of hydrogen-bond acceptors (Lipinski definition) is 3. The van der Waals surface area contributed by atoms with Crippen LogP contribution < -0.4 is 4.90 Å². The van der Waals surface area contributed by atoms with Crippen molar-refractivity contribution < 1.29 is 5.11 Å². The molecular weight excluding hydrogens is 236 g/mol. The molecule has 1 aliphatic rings. The van der Waals surface area contributed by atoms with Crippen LogP contribution in [-0.2, 0) is 6.61 Å². The third kappa shape index (κ3) is 2.92. The van der Waals surface area contributed by atoms with Gasteiger partial charge in [0.25, 0.3) is 0 Å². The molecule has 0 aliphatic heterocycles. The van der Waals surface area contributed by atoms with E-state index in [-0.39, 0.29) is 6.61 Å². The van der Waals surface area contributed by atoms with E-state index in [1.165, 1.54) is 25.7 Å². The summed E-state index contributed by atoms with van der Waals surface area (Å²) in [6.45, 7) is 6.49. The minimum absolute atomic E-state index is 0.0693. The van der Waals surface area contributed by atoms with Gasteiger partial charge in [-0.25, -0.2) is 4.98 Å². The van der Waals surface area contributed by atoms with Gasteiger partial charge in [0.05, 0.1) is 6.61 Å². The lowest BCUT2D eigenvalue weighted by atomic mass is 9.85. The Morgan fingerprint density at radius 2 is 2.00 bits per heavy atom. The fourth-order valence-corrected chi connectivity index (χ4v) is 3.36. The van der Waals surface area contributed by atoms with Crippen molar-refractivity contribution in [3.63, 3.8) is 0 Å². The molecular formula is C16H26N2O. The summed E-state index contributed by atoms with van der Waals surface area (Å²) >= 11 is 0. The minimum atomic E-state index is 0.0693. The van der Waals surface area contributed by atoms with Gasteiger partial charge in [-0.15, -0.1) is 0 Å². The number of anilines is 1. The molecule has 1 aromatic rings. The lowest BCUT2D eigenvalue weighted by Crippen LogP contribution is -2.40. The highest BCUT2D eigenvalue weighted by Gasteiger charge is 2.27. The fraction of sp³-hybridized carbons (Fsp3) is 0.688. The lowest BCUT2D eigenvalue weighted by molar-refractivity contribution is 0.278. The van der Waals surface area contributed by atoms with Gasteiger partial charge in [0.15, 0.2) is 0 Å². The van der Waals surface area contributed by atoms with Crippen molar-refractivity contribution in [2.24, 2.45) is 5.92 Å². The summed E-state index contributed by atoms with van der Waals surface area (Å²) in [5.74, 6) is 1.67. The second-order valence-corrected chi connectivity index (χ2v) is 5.98. The zero-order chi connectivity index (χ0) is 14.0. The number of aromatic nitrogens is 1. The molecule has 1 aliphatic carbocycles. The average Bonchev–Trinajstić information content (AvgIpc) is 2.37. The van der Waals surface area contributed by atoms with Crippen LogP contribution in [0.15, 0.2) is 6.07 Å². The maximum absolute atomic E-state index is 9.64. The molecule has 1 fully saturated rings. The first-order chi connectivity index (χ1) is 9.04. The normalized spacial score (nSPS) is 23.4. The van der Waals surface area contributed by atoms with E-state index < -0.39 is 0 Å². The van der Waals surface area contributed by atoms with Gasteiger partial charge >= 0.3 is 0 Å². The van der Waals surface area contributed by atoms with Crippen molar-refractivity contribution in [2.45, 2.75) is 59.1 Å². The van der Waals surface area contributed by atoms with E-state index >= 15 is 0 Å². The first-order valence-corrected chi connectivity index (χ1v) is 7.35. The summed E-state index contributed by atoms with van der Waals surface area (Å²) in [6, 6.07) is 2.60. The van der Waals surface area contributed by atoms with Gasteiger partial charge in [-0.3, -0.25) is 0 Å². The van der Waals surface area contributed by atoms with Crippen LogP contribution in [0.2, 0.25) is 0 Å². The number of aliphatic hydroxyl groups excluding tert-OH is 1. The lowest BCUT2D eigenvalue weighted by Gasteiger charge is -2.38. The standard InChI is InChI=1S/C16H26N2O/c1-11-7-5-6-8-15(11)18(4)16-14(10-19)12(2)9-13(3)17-16/h9,11,15,19H,5-8,10H2,1-4H3. The number of nitrogens with zero attached hydrogens (tertiary/aromatic N) is 2. The maximum Gasteiger partial charge on any atom is 0.134 e. The highest BCUT2D eigenvalue weighted by atomic mass is 16.3. The Bertz CT molecular complexity index is 445. The van der Waals surface area contributed by atoms with E-state index in [2.05, 4.69) is 30.8 Å². The van der Waals surface area contributed by atoms with Crippen molar-refractivity contribution in [3.8, 4) is 0 Å². The van der Waals surface area contributed by atoms with E-state index in [1.54, 1.807) is 0 Å². The van der Waals surface area contributed by atoms with E-state index in [9.17, 15) is 5.11 Å². The Morgan fingerprint density at radius 3 is 2.63 bits per heavy atom. The van der Waals surface area contributed by atoms with Gasteiger partial charge in [0, 0.05) is 24.3 Å². The Morgan fingerprint density at radius 1 is 1.32 bits per heavy atom. The SMILES string of the molecule is Cc1cc(C)c(CO)c(N(C)C2CCCCC2C)n1. The predicted octanol–water partition coefficient (Wildman–Crippen LogP) is 3.21. The predicted molar refractivity (Wildman–Crippen MR) is 79.5 cm³/mol. The summed E-state index contributed by atoms with van der Waals surface area (Å²) in [7, 11) is 2.13. The van der Waals surface area contributed by atoms with Gasteiger partial charge in [0.1, 0.15) is 5.82 Å². The summed E-state index contributed by atoms with van der Waals surface area (Å²) in [6.07, 6.45) is 5.18. The van der Waals surface area contributed by atoms with Gasteiger partial charge in [-0.1, -0.05) is 19.8 Å². The maximum atomic E-state index is 9.64. The molecule has 2 atom stereocenters. The molecule has 1 aromatic heterocycles. The number of aryl methyl sites for hydroxylation is 2. The third-order valence-corrected chi connectivity index (χ3v) is 4.51. The second-order valence-electron chi connectivity index (χ2n) is 5.98. The largest absolute Gasteiger partial charge is 0.392 e. The Labute approximate surface area is 116 Å². The van der Waals surface area contributed by atoms with Crippen molar-refractivity contribution in [2.75, 3.05) is 11.9 Å². The molecule has 0 bridgehead atoms. The molecule has 0 radical (unpaired) electrons. The topological polar surface area (TPSA) is 36.4 Å². The number of rotatable bonds is 3. The van der Waals surface area contributed by atoms with Crippen LogP contribution >= 0.6 is 0 Å². The monoisotopic (exact) mass is 262 g/mol. The zero-order valence-electron chi connectivity index (χ0n) is 12.6. The molecule has 1 heterocycles. The first-order valence-electron chi connectivity index (χ1n) is 7.35. The van der Waals surface area contributed by atoms with Crippen LogP contribution in [0.4, 0.5) is 5.82 Å². The van der Waals surface area contributed by atoms with Crippen LogP contribution in [-0.4, -0.2) is 23.2 Å². The summed E-state index contributed by atoms with van der Waals surface area (Å²) in [5, 5.41) is 9.64. The summed E-state index contributed by atoms with van der Waals surface area (Å²) < 4.78 is 0. The molecule has 1 saturated carbocycles. The molecule has 2 unspecified atom stereocenters. The van der Waals surface area contributed by atoms with Gasteiger partial charge in [-0.05, 0) is 44.2 Å². The molecule has 3 heteroatoms. The smallest absolute Gasteiger partial charge is 0.134 e. The molecule has 0 saturated heterocycles. The van der Waals surface area contributed by atoms with E-state index in [1.807, 2.05) is 13.0 Å². The van der Waals surface area contributed by atoms with Crippen LogP contribution in [0.1, 0.15) is 49.4 Å². The quantitative estimate of drug-likeness (QED) is 0.908. The number of aliphatic hydroxyl groups is 1. The highest BCUT2D eigenvalue weighted by Crippen LogP contribution is 2.32. The molecule has 0 amide bonds. The molecule has 1 N–H and O–H groups in total. The molecule has 3 nitrogen and oxygen atoms in total. The Kier molecular flexibility index (Phi) is 4.46. The van der Waals surface area contributed by atoms with E-state index in [0.717, 1.165) is 22.6 Å². The van der Waals surface area contributed by atoms with Gasteiger partial charge in [-0.2, -0.15) is 0 Å². The fourth-order valence-electron chi connectivity index (χ4n) is 3.36. The van der Waals surface area contributed by atoms with Crippen molar-refractivity contribution in [1.82, 2.24) is 4.98 Å². The van der Waals surface area contributed by atoms with Crippen molar-refractivity contribution >= 4 is 5.82 Å². The Hall–Kier alpha value is -1.09. The highest BCUT2D eigenvalue weighted by molar-refractivity contribution is 5.51. The van der Waals surface area contributed by atoms with Gasteiger partial charge in [0.2, 0.25) is 0 Å².